The molecule has 2 aromatic carbocycles. The predicted molar refractivity (Wildman–Crippen MR) is 73.8 cm³/mol. The van der Waals surface area contributed by atoms with Gasteiger partial charge in [0.1, 0.15) is 16.5 Å². The van der Waals surface area contributed by atoms with Crippen LogP contribution in [0.3, 0.4) is 0 Å². The van der Waals surface area contributed by atoms with Gasteiger partial charge in [-0.1, -0.05) is 23.8 Å². The summed E-state index contributed by atoms with van der Waals surface area (Å²) in [6.45, 7) is 0. The first kappa shape index (κ1) is 13.7. The third-order valence-electron chi connectivity index (χ3n) is 2.33. The van der Waals surface area contributed by atoms with E-state index in [0.717, 1.165) is 12.1 Å². The molecule has 2 rings (SSSR count). The molecular formula is C13H8ClF2NOS. The summed E-state index contributed by atoms with van der Waals surface area (Å²) in [5, 5.41) is 0.326. The number of benzene rings is 2. The highest BCUT2D eigenvalue weighted by Crippen LogP contribution is 2.27. The standard InChI is InChI=1S/C13H8ClF2NOS/c14-10-5-7(1-3-9(10)13(17)19)18-8-2-4-11(15)12(16)6-8/h1-6H,(H2,17,19). The van der Waals surface area contributed by atoms with Crippen LogP contribution in [0, 0.1) is 11.6 Å². The lowest BCUT2D eigenvalue weighted by molar-refractivity contribution is 0.461. The van der Waals surface area contributed by atoms with Crippen molar-refractivity contribution in [2.45, 2.75) is 0 Å². The van der Waals surface area contributed by atoms with Gasteiger partial charge in [-0.3, -0.25) is 0 Å². The highest BCUT2D eigenvalue weighted by Gasteiger charge is 2.07. The maximum Gasteiger partial charge on any atom is 0.162 e. The largest absolute Gasteiger partial charge is 0.457 e. The third kappa shape index (κ3) is 3.19. The van der Waals surface area contributed by atoms with E-state index in [9.17, 15) is 8.78 Å². The molecule has 2 nitrogen and oxygen atoms in total. The number of hydrogen-bond donors (Lipinski definition) is 1. The van der Waals surface area contributed by atoms with E-state index in [1.54, 1.807) is 12.1 Å². The molecule has 0 radical (unpaired) electrons. The Morgan fingerprint density at radius 1 is 1.05 bits per heavy atom. The molecule has 0 bridgehead atoms. The minimum Gasteiger partial charge on any atom is -0.457 e. The molecule has 6 heteroatoms. The first-order valence-electron chi connectivity index (χ1n) is 5.19. The van der Waals surface area contributed by atoms with Gasteiger partial charge in [-0.05, 0) is 24.3 Å². The molecule has 2 aromatic rings. The van der Waals surface area contributed by atoms with Crippen molar-refractivity contribution in [2.75, 3.05) is 0 Å². The van der Waals surface area contributed by atoms with Crippen molar-refractivity contribution in [2.24, 2.45) is 5.73 Å². The Kier molecular flexibility index (Phi) is 3.97. The highest BCUT2D eigenvalue weighted by molar-refractivity contribution is 7.80. The minimum absolute atomic E-state index is 0.165. The third-order valence-corrected chi connectivity index (χ3v) is 2.87. The number of ether oxygens (including phenoxy) is 1. The van der Waals surface area contributed by atoms with E-state index in [4.69, 9.17) is 34.3 Å². The molecule has 0 unspecified atom stereocenters. The Morgan fingerprint density at radius 2 is 1.68 bits per heavy atom. The number of hydrogen-bond acceptors (Lipinski definition) is 2. The molecule has 0 spiro atoms. The lowest BCUT2D eigenvalue weighted by Gasteiger charge is -2.08. The number of nitrogens with two attached hydrogens (primary N) is 1. The average Bonchev–Trinajstić information content (AvgIpc) is 2.33. The van der Waals surface area contributed by atoms with Crippen LogP contribution in [0.1, 0.15) is 5.56 Å². The number of rotatable bonds is 3. The summed E-state index contributed by atoms with van der Waals surface area (Å²) in [6, 6.07) is 7.92. The smallest absolute Gasteiger partial charge is 0.162 e. The second-order valence-electron chi connectivity index (χ2n) is 3.68. The van der Waals surface area contributed by atoms with Gasteiger partial charge in [0.25, 0.3) is 0 Å². The fraction of sp³-hybridized carbons (Fsp3) is 0. The normalized spacial score (nSPS) is 10.3. The van der Waals surface area contributed by atoms with Crippen molar-refractivity contribution in [3.8, 4) is 11.5 Å². The quantitative estimate of drug-likeness (QED) is 0.869. The van der Waals surface area contributed by atoms with Gasteiger partial charge in [0.05, 0.1) is 5.02 Å². The number of halogens is 3. The Hall–Kier alpha value is -1.72. The molecule has 19 heavy (non-hydrogen) atoms. The molecule has 0 fully saturated rings. The predicted octanol–water partition coefficient (Wildman–Crippen LogP) is 4.04. The molecule has 0 amide bonds. The van der Waals surface area contributed by atoms with E-state index in [2.05, 4.69) is 0 Å². The van der Waals surface area contributed by atoms with Gasteiger partial charge in [-0.25, -0.2) is 8.78 Å². The van der Waals surface area contributed by atoms with E-state index in [0.29, 0.717) is 16.3 Å². The van der Waals surface area contributed by atoms with Gasteiger partial charge in [-0.15, -0.1) is 0 Å². The summed E-state index contributed by atoms with van der Waals surface area (Å²) < 4.78 is 31.1. The maximum atomic E-state index is 13.0. The summed E-state index contributed by atoms with van der Waals surface area (Å²) in [6.07, 6.45) is 0. The second-order valence-corrected chi connectivity index (χ2v) is 4.53. The molecule has 98 valence electrons. The van der Waals surface area contributed by atoms with Crippen molar-refractivity contribution in [1.82, 2.24) is 0 Å². The van der Waals surface area contributed by atoms with Crippen LogP contribution < -0.4 is 10.5 Å². The van der Waals surface area contributed by atoms with Gasteiger partial charge in [0.2, 0.25) is 0 Å². The Labute approximate surface area is 118 Å². The zero-order chi connectivity index (χ0) is 14.0. The zero-order valence-electron chi connectivity index (χ0n) is 9.49. The molecule has 0 aliphatic carbocycles. The Bertz CT molecular complexity index is 649. The molecule has 0 aliphatic rings. The minimum atomic E-state index is -0.983. The van der Waals surface area contributed by atoms with E-state index in [1.807, 2.05) is 0 Å². The molecule has 0 heterocycles. The topological polar surface area (TPSA) is 35.2 Å². The van der Waals surface area contributed by atoms with E-state index in [-0.39, 0.29) is 10.7 Å². The molecule has 0 saturated carbocycles. The van der Waals surface area contributed by atoms with Gasteiger partial charge in [0.15, 0.2) is 11.6 Å². The molecular weight excluding hydrogens is 292 g/mol. The lowest BCUT2D eigenvalue weighted by Crippen LogP contribution is -2.09. The molecule has 0 atom stereocenters. The lowest BCUT2D eigenvalue weighted by atomic mass is 10.2. The van der Waals surface area contributed by atoms with Crippen LogP contribution in [-0.4, -0.2) is 4.99 Å². The van der Waals surface area contributed by atoms with Crippen LogP contribution in [-0.2, 0) is 0 Å². The van der Waals surface area contributed by atoms with Gasteiger partial charge >= 0.3 is 0 Å². The Morgan fingerprint density at radius 3 is 2.26 bits per heavy atom. The average molecular weight is 300 g/mol. The SMILES string of the molecule is NC(=S)c1ccc(Oc2ccc(F)c(F)c2)cc1Cl. The van der Waals surface area contributed by atoms with Crippen molar-refractivity contribution < 1.29 is 13.5 Å². The van der Waals surface area contributed by atoms with Crippen LogP contribution in [0.2, 0.25) is 5.02 Å². The second kappa shape index (κ2) is 5.50. The number of thiocarbonyl (C=S) groups is 1. The van der Waals surface area contributed by atoms with Crippen LogP contribution in [0.5, 0.6) is 11.5 Å². The van der Waals surface area contributed by atoms with Crippen LogP contribution in [0.4, 0.5) is 8.78 Å². The summed E-state index contributed by atoms with van der Waals surface area (Å²) >= 11 is 10.8. The van der Waals surface area contributed by atoms with Crippen LogP contribution in [0.15, 0.2) is 36.4 Å². The van der Waals surface area contributed by atoms with Crippen molar-refractivity contribution >= 4 is 28.8 Å². The first-order valence-corrected chi connectivity index (χ1v) is 5.98. The summed E-state index contributed by atoms with van der Waals surface area (Å²) in [5.41, 5.74) is 5.99. The molecule has 0 aliphatic heterocycles. The fourth-order valence-corrected chi connectivity index (χ4v) is 1.94. The van der Waals surface area contributed by atoms with Gasteiger partial charge in [0, 0.05) is 17.7 Å². The van der Waals surface area contributed by atoms with Crippen molar-refractivity contribution in [3.05, 3.63) is 58.6 Å². The summed E-state index contributed by atoms with van der Waals surface area (Å²) in [7, 11) is 0. The van der Waals surface area contributed by atoms with E-state index in [1.165, 1.54) is 12.1 Å². The molecule has 0 aromatic heterocycles. The first-order chi connectivity index (χ1) is 8.97. The Balaban J connectivity index is 2.26. The van der Waals surface area contributed by atoms with Gasteiger partial charge in [-0.2, -0.15) is 0 Å². The van der Waals surface area contributed by atoms with Gasteiger partial charge < -0.3 is 10.5 Å². The fourth-order valence-electron chi connectivity index (χ4n) is 1.44. The highest BCUT2D eigenvalue weighted by atomic mass is 35.5. The van der Waals surface area contributed by atoms with Crippen LogP contribution >= 0.6 is 23.8 Å². The van der Waals surface area contributed by atoms with E-state index < -0.39 is 11.6 Å². The van der Waals surface area contributed by atoms with E-state index >= 15 is 0 Å². The van der Waals surface area contributed by atoms with Crippen molar-refractivity contribution in [3.63, 3.8) is 0 Å². The molecule has 0 saturated heterocycles. The zero-order valence-corrected chi connectivity index (χ0v) is 11.1. The summed E-state index contributed by atoms with van der Waals surface area (Å²) in [5.74, 6) is -1.38. The van der Waals surface area contributed by atoms with Crippen molar-refractivity contribution in [1.29, 1.82) is 0 Å². The monoisotopic (exact) mass is 299 g/mol. The summed E-state index contributed by atoms with van der Waals surface area (Å²) in [4.78, 5) is 0.171. The van der Waals surface area contributed by atoms with Crippen LogP contribution in [0.25, 0.3) is 0 Å². The molecule has 2 N–H and O–H groups in total. The maximum absolute atomic E-state index is 13.0.